The maximum absolute atomic E-state index is 12.8. The Hall–Kier alpha value is -2.50. The molecule has 0 aliphatic heterocycles. The first-order valence-corrected chi connectivity index (χ1v) is 8.95. The maximum atomic E-state index is 12.8. The van der Waals surface area contributed by atoms with Crippen molar-refractivity contribution in [3.63, 3.8) is 0 Å². The van der Waals surface area contributed by atoms with Crippen molar-refractivity contribution in [1.82, 2.24) is 15.0 Å². The maximum Gasteiger partial charge on any atom is 0.260 e. The minimum Gasteiger partial charge on any atom is -0.305 e. The average Bonchev–Trinajstić information content (AvgIpc) is 2.94. The number of rotatable bonds is 2. The Labute approximate surface area is 153 Å². The highest BCUT2D eigenvalue weighted by Gasteiger charge is 2.17. The Morgan fingerprint density at radius 3 is 2.72 bits per heavy atom. The van der Waals surface area contributed by atoms with Crippen LogP contribution in [0.2, 0.25) is 5.02 Å². The summed E-state index contributed by atoms with van der Waals surface area (Å²) in [5.41, 5.74) is 3.37. The van der Waals surface area contributed by atoms with Gasteiger partial charge in [-0.05, 0) is 49.2 Å². The van der Waals surface area contributed by atoms with Crippen LogP contribution >= 0.6 is 22.9 Å². The van der Waals surface area contributed by atoms with Gasteiger partial charge in [-0.15, -0.1) is 11.3 Å². The summed E-state index contributed by atoms with van der Waals surface area (Å²) < 4.78 is 0. The second-order valence-corrected chi connectivity index (χ2v) is 7.42. The molecular weight excluding hydrogens is 354 g/mol. The SMILES string of the molecule is Cc1cc(-c2c(C)sc3nc(-c4ccccn4)[nH]c(=O)c23)ccc1Cl. The molecule has 0 radical (unpaired) electrons. The molecule has 25 heavy (non-hydrogen) atoms. The van der Waals surface area contributed by atoms with Gasteiger partial charge in [-0.25, -0.2) is 4.98 Å². The molecule has 0 saturated heterocycles. The summed E-state index contributed by atoms with van der Waals surface area (Å²) in [5, 5.41) is 1.33. The summed E-state index contributed by atoms with van der Waals surface area (Å²) in [6.07, 6.45) is 1.68. The van der Waals surface area contributed by atoms with Gasteiger partial charge in [-0.1, -0.05) is 23.7 Å². The Kier molecular flexibility index (Phi) is 3.90. The molecule has 1 N–H and O–H groups in total. The van der Waals surface area contributed by atoms with Crippen molar-refractivity contribution in [2.24, 2.45) is 0 Å². The molecule has 0 amide bonds. The van der Waals surface area contributed by atoms with Gasteiger partial charge in [0.25, 0.3) is 5.56 Å². The smallest absolute Gasteiger partial charge is 0.260 e. The van der Waals surface area contributed by atoms with Crippen LogP contribution in [-0.4, -0.2) is 15.0 Å². The number of H-pyrrole nitrogens is 1. The van der Waals surface area contributed by atoms with Crippen LogP contribution in [0.15, 0.2) is 47.4 Å². The quantitative estimate of drug-likeness (QED) is 0.543. The van der Waals surface area contributed by atoms with Crippen molar-refractivity contribution in [3.05, 3.63) is 68.4 Å². The van der Waals surface area contributed by atoms with Crippen molar-refractivity contribution in [2.45, 2.75) is 13.8 Å². The lowest BCUT2D eigenvalue weighted by atomic mass is 10.0. The zero-order valence-corrected chi connectivity index (χ0v) is 15.2. The van der Waals surface area contributed by atoms with Crippen molar-refractivity contribution in [3.8, 4) is 22.6 Å². The van der Waals surface area contributed by atoms with Crippen LogP contribution in [0.5, 0.6) is 0 Å². The molecule has 0 unspecified atom stereocenters. The van der Waals surface area contributed by atoms with Crippen LogP contribution in [-0.2, 0) is 0 Å². The van der Waals surface area contributed by atoms with Crippen LogP contribution in [0.25, 0.3) is 32.9 Å². The molecule has 0 spiro atoms. The number of benzene rings is 1. The molecule has 4 nitrogen and oxygen atoms in total. The summed E-state index contributed by atoms with van der Waals surface area (Å²) in [7, 11) is 0. The van der Waals surface area contributed by atoms with Crippen molar-refractivity contribution in [2.75, 3.05) is 0 Å². The molecule has 0 aliphatic rings. The van der Waals surface area contributed by atoms with Crippen molar-refractivity contribution < 1.29 is 0 Å². The summed E-state index contributed by atoms with van der Waals surface area (Å²) in [6.45, 7) is 3.96. The molecule has 3 heterocycles. The van der Waals surface area contributed by atoms with Crippen LogP contribution in [0.3, 0.4) is 0 Å². The van der Waals surface area contributed by atoms with Gasteiger partial charge in [0.1, 0.15) is 10.5 Å². The second-order valence-electron chi connectivity index (χ2n) is 5.81. The first-order chi connectivity index (χ1) is 12.0. The first kappa shape index (κ1) is 16.0. The second kappa shape index (κ2) is 6.10. The molecular formula is C19H14ClN3OS. The molecule has 4 rings (SSSR count). The molecule has 124 valence electrons. The number of pyridine rings is 1. The van der Waals surface area contributed by atoms with E-state index in [2.05, 4.69) is 15.0 Å². The number of halogens is 1. The van der Waals surface area contributed by atoms with E-state index in [-0.39, 0.29) is 5.56 Å². The standard InChI is InChI=1S/C19H14ClN3OS/c1-10-9-12(6-7-13(10)20)15-11(2)25-19-16(15)18(24)22-17(23-19)14-5-3-4-8-21-14/h3-9H,1-2H3,(H,22,23,24). The zero-order valence-electron chi connectivity index (χ0n) is 13.6. The summed E-state index contributed by atoms with van der Waals surface area (Å²) in [4.78, 5) is 26.3. The summed E-state index contributed by atoms with van der Waals surface area (Å²) in [6, 6.07) is 11.3. The Morgan fingerprint density at radius 1 is 1.16 bits per heavy atom. The predicted octanol–water partition coefficient (Wildman–Crippen LogP) is 4.98. The molecule has 6 heteroatoms. The predicted molar refractivity (Wildman–Crippen MR) is 103 cm³/mol. The normalized spacial score (nSPS) is 11.2. The van der Waals surface area contributed by atoms with E-state index in [0.717, 1.165) is 21.6 Å². The third kappa shape index (κ3) is 2.75. The Bertz CT molecular complexity index is 1150. The van der Waals surface area contributed by atoms with Gasteiger partial charge >= 0.3 is 0 Å². The van der Waals surface area contributed by atoms with Gasteiger partial charge < -0.3 is 4.98 Å². The summed E-state index contributed by atoms with van der Waals surface area (Å²) in [5.74, 6) is 0.484. The highest BCUT2D eigenvalue weighted by atomic mass is 35.5. The average molecular weight is 368 g/mol. The lowest BCUT2D eigenvalue weighted by Gasteiger charge is -2.05. The van der Waals surface area contributed by atoms with Crippen LogP contribution in [0.4, 0.5) is 0 Å². The molecule has 0 saturated carbocycles. The van der Waals surface area contributed by atoms with Crippen LogP contribution < -0.4 is 5.56 Å². The number of aromatic amines is 1. The number of aryl methyl sites for hydroxylation is 2. The van der Waals surface area contributed by atoms with Gasteiger partial charge in [0.15, 0.2) is 5.82 Å². The molecule has 0 atom stereocenters. The lowest BCUT2D eigenvalue weighted by Crippen LogP contribution is -2.09. The monoisotopic (exact) mass is 367 g/mol. The van der Waals surface area contributed by atoms with E-state index in [1.165, 1.54) is 11.3 Å². The van der Waals surface area contributed by atoms with Gasteiger partial charge in [0.05, 0.1) is 5.39 Å². The minimum atomic E-state index is -0.155. The topological polar surface area (TPSA) is 58.6 Å². The largest absolute Gasteiger partial charge is 0.305 e. The van der Waals surface area contributed by atoms with Gasteiger partial charge in [-0.3, -0.25) is 9.78 Å². The molecule has 4 aromatic rings. The number of thiophene rings is 1. The van der Waals surface area contributed by atoms with Gasteiger partial charge in [-0.2, -0.15) is 0 Å². The van der Waals surface area contributed by atoms with E-state index < -0.39 is 0 Å². The lowest BCUT2D eigenvalue weighted by molar-refractivity contribution is 1.15. The molecule has 1 aromatic carbocycles. The number of hydrogen-bond donors (Lipinski definition) is 1. The molecule has 0 bridgehead atoms. The van der Waals surface area contributed by atoms with E-state index >= 15 is 0 Å². The first-order valence-electron chi connectivity index (χ1n) is 7.76. The molecule has 0 aliphatic carbocycles. The van der Waals surface area contributed by atoms with Crippen LogP contribution in [0, 0.1) is 13.8 Å². The van der Waals surface area contributed by atoms with Gasteiger partial charge in [0.2, 0.25) is 0 Å². The van der Waals surface area contributed by atoms with E-state index in [9.17, 15) is 4.79 Å². The third-order valence-corrected chi connectivity index (χ3v) is 5.52. The number of fused-ring (bicyclic) bond motifs is 1. The number of aromatic nitrogens is 3. The van der Waals surface area contributed by atoms with E-state index in [4.69, 9.17) is 11.6 Å². The third-order valence-electron chi connectivity index (χ3n) is 4.09. The fraction of sp³-hybridized carbons (Fsp3) is 0.105. The van der Waals surface area contributed by atoms with Crippen LogP contribution in [0.1, 0.15) is 10.4 Å². The highest BCUT2D eigenvalue weighted by Crippen LogP contribution is 2.37. The Balaban J connectivity index is 1.97. The molecule has 3 aromatic heterocycles. The van der Waals surface area contributed by atoms with Crippen molar-refractivity contribution in [1.29, 1.82) is 0 Å². The highest BCUT2D eigenvalue weighted by molar-refractivity contribution is 7.19. The minimum absolute atomic E-state index is 0.155. The Morgan fingerprint density at radius 2 is 2.00 bits per heavy atom. The number of hydrogen-bond acceptors (Lipinski definition) is 4. The van der Waals surface area contributed by atoms with E-state index in [0.29, 0.717) is 26.8 Å². The van der Waals surface area contributed by atoms with E-state index in [1.54, 1.807) is 6.20 Å². The van der Waals surface area contributed by atoms with Crippen molar-refractivity contribution >= 4 is 33.2 Å². The number of nitrogens with one attached hydrogen (secondary N) is 1. The number of nitrogens with zero attached hydrogens (tertiary/aromatic N) is 2. The molecule has 0 fully saturated rings. The fourth-order valence-corrected chi connectivity index (χ4v) is 4.05. The van der Waals surface area contributed by atoms with Gasteiger partial charge in [0, 0.05) is 21.7 Å². The van der Waals surface area contributed by atoms with E-state index in [1.807, 2.05) is 50.2 Å². The summed E-state index contributed by atoms with van der Waals surface area (Å²) >= 11 is 7.65. The zero-order chi connectivity index (χ0) is 17.6. The fourth-order valence-electron chi connectivity index (χ4n) is 2.89.